The summed E-state index contributed by atoms with van der Waals surface area (Å²) >= 11 is 0. The number of rotatable bonds is 6. The van der Waals surface area contributed by atoms with Crippen molar-refractivity contribution >= 4 is 21.4 Å². The highest BCUT2D eigenvalue weighted by Crippen LogP contribution is 2.24. The Morgan fingerprint density at radius 3 is 1.96 bits per heavy atom. The predicted octanol–water partition coefficient (Wildman–Crippen LogP) is 2.86. The van der Waals surface area contributed by atoms with Crippen molar-refractivity contribution in [3.05, 3.63) is 48.5 Å². The van der Waals surface area contributed by atoms with Gasteiger partial charge in [0.15, 0.2) is 9.84 Å². The van der Waals surface area contributed by atoms with Gasteiger partial charge < -0.3 is 14.8 Å². The zero-order chi connectivity index (χ0) is 17.7. The first-order valence-electron chi connectivity index (χ1n) is 7.21. The summed E-state index contributed by atoms with van der Waals surface area (Å²) in [6.45, 7) is 1.66. The Balaban J connectivity index is 2.02. The van der Waals surface area contributed by atoms with Gasteiger partial charge in [0, 0.05) is 19.1 Å². The third-order valence-electron chi connectivity index (χ3n) is 3.33. The first kappa shape index (κ1) is 18.0. The number of amides is 1. The van der Waals surface area contributed by atoms with E-state index in [0.717, 1.165) is 6.26 Å². The minimum Gasteiger partial charge on any atom is -0.457 e. The summed E-state index contributed by atoms with van der Waals surface area (Å²) < 4.78 is 33.4. The molecule has 0 heterocycles. The van der Waals surface area contributed by atoms with Crippen LogP contribution < -0.4 is 10.1 Å². The van der Waals surface area contributed by atoms with Gasteiger partial charge in [0.2, 0.25) is 0 Å². The third-order valence-corrected chi connectivity index (χ3v) is 4.46. The van der Waals surface area contributed by atoms with Crippen LogP contribution in [0, 0.1) is 0 Å². The Morgan fingerprint density at radius 2 is 1.50 bits per heavy atom. The van der Waals surface area contributed by atoms with Crippen LogP contribution in [0.2, 0.25) is 0 Å². The lowest BCUT2D eigenvalue weighted by molar-refractivity contribution is -0.124. The van der Waals surface area contributed by atoms with E-state index in [-0.39, 0.29) is 10.8 Å². The summed E-state index contributed by atoms with van der Waals surface area (Å²) in [5, 5.41) is 2.72. The number of methoxy groups -OCH3 is 1. The lowest BCUT2D eigenvalue weighted by Crippen LogP contribution is -2.26. The smallest absolute Gasteiger partial charge is 0.253 e. The number of carbonyl (C=O) groups excluding carboxylic acids is 1. The molecule has 7 heteroatoms. The van der Waals surface area contributed by atoms with Gasteiger partial charge in [-0.1, -0.05) is 0 Å². The molecule has 0 fully saturated rings. The van der Waals surface area contributed by atoms with E-state index in [0.29, 0.717) is 17.2 Å². The van der Waals surface area contributed by atoms with Gasteiger partial charge in [-0.3, -0.25) is 4.79 Å². The second kappa shape index (κ2) is 7.46. The SMILES string of the molecule is CO[C@@H](C)C(=O)Nc1ccc(Oc2ccc(S(C)(=O)=O)cc2)cc1. The highest BCUT2D eigenvalue weighted by atomic mass is 32.2. The number of anilines is 1. The van der Waals surface area contributed by atoms with Crippen LogP contribution in [-0.2, 0) is 19.4 Å². The first-order chi connectivity index (χ1) is 11.3. The van der Waals surface area contributed by atoms with Gasteiger partial charge in [0.25, 0.3) is 5.91 Å². The monoisotopic (exact) mass is 349 g/mol. The van der Waals surface area contributed by atoms with Crippen LogP contribution in [0.3, 0.4) is 0 Å². The Morgan fingerprint density at radius 1 is 1.00 bits per heavy atom. The van der Waals surface area contributed by atoms with E-state index in [1.165, 1.54) is 19.2 Å². The summed E-state index contributed by atoms with van der Waals surface area (Å²) in [7, 11) is -1.76. The van der Waals surface area contributed by atoms with Gasteiger partial charge in [-0.05, 0) is 55.5 Å². The highest BCUT2D eigenvalue weighted by molar-refractivity contribution is 7.90. The molecule has 0 bridgehead atoms. The molecule has 1 amide bonds. The average Bonchev–Trinajstić information content (AvgIpc) is 2.55. The quantitative estimate of drug-likeness (QED) is 0.867. The molecule has 0 aliphatic rings. The maximum absolute atomic E-state index is 11.7. The molecule has 6 nitrogen and oxygen atoms in total. The predicted molar refractivity (Wildman–Crippen MR) is 91.2 cm³/mol. The zero-order valence-electron chi connectivity index (χ0n) is 13.6. The third kappa shape index (κ3) is 4.81. The molecule has 0 saturated carbocycles. The number of carbonyl (C=O) groups is 1. The minimum atomic E-state index is -3.22. The van der Waals surface area contributed by atoms with Crippen LogP contribution >= 0.6 is 0 Å². The molecule has 0 unspecified atom stereocenters. The number of benzene rings is 2. The molecule has 128 valence electrons. The molecule has 2 rings (SSSR count). The van der Waals surface area contributed by atoms with E-state index in [1.54, 1.807) is 43.3 Å². The molecule has 2 aromatic carbocycles. The molecule has 0 spiro atoms. The maximum atomic E-state index is 11.7. The van der Waals surface area contributed by atoms with Crippen LogP contribution in [-0.4, -0.2) is 33.8 Å². The molecule has 1 N–H and O–H groups in total. The summed E-state index contributed by atoms with van der Waals surface area (Å²) in [5.74, 6) is 0.856. The number of ether oxygens (including phenoxy) is 2. The number of hydrogen-bond acceptors (Lipinski definition) is 5. The van der Waals surface area contributed by atoms with Crippen LogP contribution in [0.1, 0.15) is 6.92 Å². The molecule has 1 atom stereocenters. The Kier molecular flexibility index (Phi) is 5.58. The number of nitrogens with one attached hydrogen (secondary N) is 1. The zero-order valence-corrected chi connectivity index (χ0v) is 14.5. The molecule has 0 aliphatic heterocycles. The van der Waals surface area contributed by atoms with Crippen molar-refractivity contribution in [2.24, 2.45) is 0 Å². The molecule has 0 radical (unpaired) electrons. The van der Waals surface area contributed by atoms with Gasteiger partial charge in [0.05, 0.1) is 4.90 Å². The van der Waals surface area contributed by atoms with Gasteiger partial charge in [-0.15, -0.1) is 0 Å². The van der Waals surface area contributed by atoms with Crippen molar-refractivity contribution in [2.45, 2.75) is 17.9 Å². The number of sulfone groups is 1. The molecule has 0 saturated heterocycles. The Labute approximate surface area is 141 Å². The van der Waals surface area contributed by atoms with Crippen LogP contribution in [0.4, 0.5) is 5.69 Å². The number of hydrogen-bond donors (Lipinski definition) is 1. The Bertz CT molecular complexity index is 798. The largest absolute Gasteiger partial charge is 0.457 e. The molecule has 0 aromatic heterocycles. The van der Waals surface area contributed by atoms with Crippen molar-refractivity contribution in [1.82, 2.24) is 0 Å². The van der Waals surface area contributed by atoms with E-state index in [1.807, 2.05) is 0 Å². The second-order valence-corrected chi connectivity index (χ2v) is 7.25. The molecule has 24 heavy (non-hydrogen) atoms. The molecule has 2 aromatic rings. The van der Waals surface area contributed by atoms with Gasteiger partial charge >= 0.3 is 0 Å². The van der Waals surface area contributed by atoms with Crippen molar-refractivity contribution in [2.75, 3.05) is 18.7 Å². The summed E-state index contributed by atoms with van der Waals surface area (Å²) in [4.78, 5) is 12.0. The minimum absolute atomic E-state index is 0.234. The lowest BCUT2D eigenvalue weighted by atomic mass is 10.2. The van der Waals surface area contributed by atoms with Crippen molar-refractivity contribution in [3.8, 4) is 11.5 Å². The van der Waals surface area contributed by atoms with Crippen LogP contribution in [0.25, 0.3) is 0 Å². The van der Waals surface area contributed by atoms with E-state index in [9.17, 15) is 13.2 Å². The van der Waals surface area contributed by atoms with Crippen molar-refractivity contribution in [3.63, 3.8) is 0 Å². The highest BCUT2D eigenvalue weighted by Gasteiger charge is 2.11. The second-order valence-electron chi connectivity index (χ2n) is 5.24. The lowest BCUT2D eigenvalue weighted by Gasteiger charge is -2.11. The first-order valence-corrected chi connectivity index (χ1v) is 9.10. The van der Waals surface area contributed by atoms with E-state index >= 15 is 0 Å². The summed E-state index contributed by atoms with van der Waals surface area (Å²) in [6, 6.07) is 13.0. The van der Waals surface area contributed by atoms with Crippen LogP contribution in [0.5, 0.6) is 11.5 Å². The van der Waals surface area contributed by atoms with E-state index < -0.39 is 15.9 Å². The standard InChI is InChI=1S/C17H19NO5S/c1-12(22-2)17(19)18-13-4-6-14(7-5-13)23-15-8-10-16(11-9-15)24(3,20)21/h4-12H,1-3H3,(H,18,19)/t12-/m0/s1. The maximum Gasteiger partial charge on any atom is 0.253 e. The fraction of sp³-hybridized carbons (Fsp3) is 0.235. The molecule has 0 aliphatic carbocycles. The normalized spacial score (nSPS) is 12.5. The summed E-state index contributed by atoms with van der Waals surface area (Å²) in [6.07, 6.45) is 0.620. The fourth-order valence-electron chi connectivity index (χ4n) is 1.85. The van der Waals surface area contributed by atoms with E-state index in [2.05, 4.69) is 5.32 Å². The van der Waals surface area contributed by atoms with Crippen molar-refractivity contribution < 1.29 is 22.7 Å². The summed E-state index contributed by atoms with van der Waals surface area (Å²) in [5.41, 5.74) is 0.628. The van der Waals surface area contributed by atoms with E-state index in [4.69, 9.17) is 9.47 Å². The fourth-order valence-corrected chi connectivity index (χ4v) is 2.48. The van der Waals surface area contributed by atoms with Gasteiger partial charge in [-0.2, -0.15) is 0 Å². The average molecular weight is 349 g/mol. The van der Waals surface area contributed by atoms with Crippen molar-refractivity contribution in [1.29, 1.82) is 0 Å². The molecular weight excluding hydrogens is 330 g/mol. The topological polar surface area (TPSA) is 81.7 Å². The van der Waals surface area contributed by atoms with Gasteiger partial charge in [0.1, 0.15) is 17.6 Å². The molecular formula is C17H19NO5S. The van der Waals surface area contributed by atoms with Crippen LogP contribution in [0.15, 0.2) is 53.4 Å². The Hall–Kier alpha value is -2.38. The van der Waals surface area contributed by atoms with Gasteiger partial charge in [-0.25, -0.2) is 8.42 Å².